The minimum absolute atomic E-state index is 0.188. The van der Waals surface area contributed by atoms with E-state index in [-0.39, 0.29) is 12.0 Å². The second kappa shape index (κ2) is 10.2. The Morgan fingerprint density at radius 2 is 1.97 bits per heavy atom. The SMILES string of the molecule is CO[C@@H]1CCN(C(=O)c2cc3c(s2)C(C)CN(C)CC3)C1.NC(=O)c1ccc(Cl)s1. The Bertz CT molecular complexity index is 898. The molecule has 2 aliphatic rings. The zero-order valence-corrected chi connectivity index (χ0v) is 19.9. The molecule has 0 spiro atoms. The Morgan fingerprint density at radius 3 is 2.53 bits per heavy atom. The molecule has 2 atom stereocenters. The predicted octanol–water partition coefficient (Wildman–Crippen LogP) is 3.70. The quantitative estimate of drug-likeness (QED) is 0.743. The van der Waals surface area contributed by atoms with Gasteiger partial charge in [0.1, 0.15) is 0 Å². The average molecular weight is 470 g/mol. The fourth-order valence-electron chi connectivity index (χ4n) is 3.82. The molecule has 2 aromatic heterocycles. The summed E-state index contributed by atoms with van der Waals surface area (Å²) in [6.07, 6.45) is 2.22. The van der Waals surface area contributed by atoms with Gasteiger partial charge in [-0.05, 0) is 43.7 Å². The van der Waals surface area contributed by atoms with Crippen LogP contribution in [0.25, 0.3) is 0 Å². The van der Waals surface area contributed by atoms with Gasteiger partial charge in [0, 0.05) is 44.1 Å². The molecule has 2 aromatic rings. The Balaban J connectivity index is 0.000000239. The van der Waals surface area contributed by atoms with E-state index in [1.165, 1.54) is 21.8 Å². The van der Waals surface area contributed by atoms with Crippen LogP contribution in [0.4, 0.5) is 0 Å². The molecular formula is C21H28ClN3O3S2. The largest absolute Gasteiger partial charge is 0.380 e. The van der Waals surface area contributed by atoms with E-state index in [0.29, 0.717) is 15.1 Å². The fraction of sp³-hybridized carbons (Fsp3) is 0.524. The van der Waals surface area contributed by atoms with Crippen LogP contribution in [-0.4, -0.2) is 68.1 Å². The van der Waals surface area contributed by atoms with Crippen molar-refractivity contribution in [1.82, 2.24) is 9.80 Å². The van der Waals surface area contributed by atoms with Crippen LogP contribution in [0.1, 0.15) is 49.0 Å². The van der Waals surface area contributed by atoms with Crippen molar-refractivity contribution in [3.8, 4) is 0 Å². The summed E-state index contributed by atoms with van der Waals surface area (Å²) in [5.41, 5.74) is 6.32. The molecule has 1 saturated heterocycles. The standard InChI is InChI=1S/C16H24N2O2S.C5H4ClNOS/c1-11-9-17(2)6-4-12-8-14(21-15(11)12)16(19)18-7-5-13(10-18)20-3;6-4-2-1-3(9-4)5(7)8/h8,11,13H,4-7,9-10H2,1-3H3;1-2H,(H2,7,8)/t11?,13-;/m1./s1. The second-order valence-electron chi connectivity index (χ2n) is 7.78. The first kappa shape index (κ1) is 23.2. The Kier molecular flexibility index (Phi) is 7.92. The van der Waals surface area contributed by atoms with Crippen LogP contribution >= 0.6 is 34.3 Å². The number of amides is 2. The third-order valence-corrected chi connectivity index (χ3v) is 8.07. The van der Waals surface area contributed by atoms with E-state index in [1.807, 2.05) is 4.90 Å². The highest BCUT2D eigenvalue weighted by atomic mass is 35.5. The molecule has 30 heavy (non-hydrogen) atoms. The molecular weight excluding hydrogens is 442 g/mol. The number of ether oxygens (including phenoxy) is 1. The van der Waals surface area contributed by atoms with Crippen molar-refractivity contribution < 1.29 is 14.3 Å². The van der Waals surface area contributed by atoms with E-state index in [1.54, 1.807) is 30.6 Å². The summed E-state index contributed by atoms with van der Waals surface area (Å²) in [6.45, 7) is 5.98. The van der Waals surface area contributed by atoms with Crippen LogP contribution < -0.4 is 5.73 Å². The molecule has 9 heteroatoms. The van der Waals surface area contributed by atoms with Crippen molar-refractivity contribution in [2.45, 2.75) is 31.8 Å². The molecule has 4 rings (SSSR count). The van der Waals surface area contributed by atoms with Gasteiger partial charge in [0.15, 0.2) is 0 Å². The van der Waals surface area contributed by atoms with Gasteiger partial charge in [-0.25, -0.2) is 0 Å². The highest BCUT2D eigenvalue weighted by Gasteiger charge is 2.29. The average Bonchev–Trinajstić information content (AvgIpc) is 3.44. The fourth-order valence-corrected chi connectivity index (χ4v) is 5.94. The lowest BCUT2D eigenvalue weighted by molar-refractivity contribution is 0.0728. The molecule has 2 aliphatic heterocycles. The first-order chi connectivity index (χ1) is 14.3. The van der Waals surface area contributed by atoms with Crippen molar-refractivity contribution >= 4 is 46.1 Å². The van der Waals surface area contributed by atoms with Crippen LogP contribution in [0.3, 0.4) is 0 Å². The zero-order valence-electron chi connectivity index (χ0n) is 17.5. The number of likely N-dealkylation sites (N-methyl/N-ethyl adjacent to an activating group) is 1. The lowest BCUT2D eigenvalue weighted by atomic mass is 10.1. The van der Waals surface area contributed by atoms with Gasteiger partial charge in [-0.3, -0.25) is 9.59 Å². The molecule has 1 fully saturated rings. The highest BCUT2D eigenvalue weighted by molar-refractivity contribution is 7.18. The van der Waals surface area contributed by atoms with Crippen molar-refractivity contribution in [1.29, 1.82) is 0 Å². The normalized spacial score (nSPS) is 21.5. The van der Waals surface area contributed by atoms with Gasteiger partial charge in [0.2, 0.25) is 0 Å². The van der Waals surface area contributed by atoms with E-state index >= 15 is 0 Å². The number of hydrogen-bond acceptors (Lipinski definition) is 6. The number of rotatable bonds is 3. The first-order valence-electron chi connectivity index (χ1n) is 9.96. The summed E-state index contributed by atoms with van der Waals surface area (Å²) in [5.74, 6) is 0.282. The van der Waals surface area contributed by atoms with Crippen LogP contribution in [0.15, 0.2) is 18.2 Å². The minimum atomic E-state index is -0.424. The zero-order chi connectivity index (χ0) is 21.8. The first-order valence-corrected chi connectivity index (χ1v) is 12.0. The number of fused-ring (bicyclic) bond motifs is 1. The number of primary amides is 1. The maximum Gasteiger partial charge on any atom is 0.264 e. The van der Waals surface area contributed by atoms with Gasteiger partial charge < -0.3 is 20.3 Å². The van der Waals surface area contributed by atoms with Crippen molar-refractivity contribution in [3.63, 3.8) is 0 Å². The Morgan fingerprint density at radius 1 is 1.20 bits per heavy atom. The molecule has 0 aliphatic carbocycles. The molecule has 0 aromatic carbocycles. The molecule has 2 amide bonds. The Hall–Kier alpha value is -1.45. The van der Waals surface area contributed by atoms with Gasteiger partial charge in [0.05, 0.1) is 20.2 Å². The van der Waals surface area contributed by atoms with E-state index < -0.39 is 5.91 Å². The number of hydrogen-bond donors (Lipinski definition) is 1. The number of likely N-dealkylation sites (tertiary alicyclic amines) is 1. The Labute approximate surface area is 190 Å². The summed E-state index contributed by atoms with van der Waals surface area (Å²) in [7, 11) is 3.90. The van der Waals surface area contributed by atoms with E-state index in [0.717, 1.165) is 43.9 Å². The third-order valence-electron chi connectivity index (χ3n) is 5.43. The molecule has 4 heterocycles. The number of thiophene rings is 2. The van der Waals surface area contributed by atoms with Crippen LogP contribution in [0, 0.1) is 0 Å². The van der Waals surface area contributed by atoms with Gasteiger partial charge in [0.25, 0.3) is 11.8 Å². The lowest BCUT2D eigenvalue weighted by Gasteiger charge is -2.17. The monoisotopic (exact) mass is 469 g/mol. The van der Waals surface area contributed by atoms with E-state index in [9.17, 15) is 9.59 Å². The number of methoxy groups -OCH3 is 1. The van der Waals surface area contributed by atoms with Crippen LogP contribution in [0.5, 0.6) is 0 Å². The molecule has 0 saturated carbocycles. The molecule has 6 nitrogen and oxygen atoms in total. The smallest absolute Gasteiger partial charge is 0.264 e. The molecule has 0 radical (unpaired) electrons. The minimum Gasteiger partial charge on any atom is -0.380 e. The second-order valence-corrected chi connectivity index (χ2v) is 10.6. The maximum atomic E-state index is 12.7. The molecule has 2 N–H and O–H groups in total. The van der Waals surface area contributed by atoms with Gasteiger partial charge >= 0.3 is 0 Å². The number of nitrogens with two attached hydrogens (primary N) is 1. The van der Waals surface area contributed by atoms with E-state index in [2.05, 4.69) is 24.9 Å². The number of carbonyl (C=O) groups excluding carboxylic acids is 2. The topological polar surface area (TPSA) is 75.9 Å². The molecule has 0 bridgehead atoms. The van der Waals surface area contributed by atoms with Crippen molar-refractivity contribution in [2.24, 2.45) is 5.73 Å². The van der Waals surface area contributed by atoms with Crippen molar-refractivity contribution in [3.05, 3.63) is 42.7 Å². The number of carbonyl (C=O) groups is 2. The molecule has 164 valence electrons. The van der Waals surface area contributed by atoms with Crippen LogP contribution in [-0.2, 0) is 11.2 Å². The summed E-state index contributed by atoms with van der Waals surface area (Å²) in [6, 6.07) is 5.39. The van der Waals surface area contributed by atoms with Crippen molar-refractivity contribution in [2.75, 3.05) is 40.3 Å². The van der Waals surface area contributed by atoms with Gasteiger partial charge in [-0.1, -0.05) is 18.5 Å². The van der Waals surface area contributed by atoms with Gasteiger partial charge in [-0.15, -0.1) is 22.7 Å². The summed E-state index contributed by atoms with van der Waals surface area (Å²) in [5, 5.41) is 0. The van der Waals surface area contributed by atoms with Gasteiger partial charge in [-0.2, -0.15) is 0 Å². The third kappa shape index (κ3) is 5.62. The highest BCUT2D eigenvalue weighted by Crippen LogP contribution is 2.33. The summed E-state index contributed by atoms with van der Waals surface area (Å²) in [4.78, 5) is 30.2. The number of nitrogens with zero attached hydrogens (tertiary/aromatic N) is 2. The maximum absolute atomic E-state index is 12.7. The molecule has 1 unspecified atom stereocenters. The summed E-state index contributed by atoms with van der Waals surface area (Å²) < 4.78 is 5.94. The summed E-state index contributed by atoms with van der Waals surface area (Å²) >= 11 is 8.41. The number of halogens is 1. The van der Waals surface area contributed by atoms with E-state index in [4.69, 9.17) is 22.1 Å². The lowest BCUT2D eigenvalue weighted by Crippen LogP contribution is -2.29. The predicted molar refractivity (Wildman–Crippen MR) is 123 cm³/mol. The van der Waals surface area contributed by atoms with Crippen LogP contribution in [0.2, 0.25) is 4.34 Å².